The Morgan fingerprint density at radius 2 is 2.10 bits per heavy atom. The van der Waals surface area contributed by atoms with Crippen LogP contribution in [0.5, 0.6) is 5.75 Å². The van der Waals surface area contributed by atoms with Crippen molar-refractivity contribution in [3.63, 3.8) is 0 Å². The second-order valence-electron chi connectivity index (χ2n) is 4.78. The SMILES string of the molecule is Cl.N#Cc1cc([C@H](N)C2CCOCC2)c(O)c([N+](=O)[O-])c1. The minimum absolute atomic E-state index is 0. The minimum Gasteiger partial charge on any atom is -0.502 e. The molecule has 1 aromatic rings. The Balaban J connectivity index is 0.00000220. The van der Waals surface area contributed by atoms with Gasteiger partial charge in [0.2, 0.25) is 0 Å². The second kappa shape index (κ2) is 7.22. The molecular weight excluding hydrogens is 298 g/mol. The summed E-state index contributed by atoms with van der Waals surface area (Å²) in [4.78, 5) is 10.2. The van der Waals surface area contributed by atoms with Gasteiger partial charge in [-0.2, -0.15) is 5.26 Å². The van der Waals surface area contributed by atoms with Crippen molar-refractivity contribution in [1.82, 2.24) is 0 Å². The summed E-state index contributed by atoms with van der Waals surface area (Å²) in [5, 5.41) is 29.9. The predicted octanol–water partition coefficient (Wildman–Crippen LogP) is 2.02. The van der Waals surface area contributed by atoms with Crippen LogP contribution >= 0.6 is 12.4 Å². The molecule has 1 aliphatic heterocycles. The maximum absolute atomic E-state index is 10.9. The molecule has 114 valence electrons. The molecule has 7 nitrogen and oxygen atoms in total. The van der Waals surface area contributed by atoms with E-state index in [2.05, 4.69) is 0 Å². The zero-order valence-electron chi connectivity index (χ0n) is 11.2. The van der Waals surface area contributed by atoms with Gasteiger partial charge < -0.3 is 15.6 Å². The average molecular weight is 314 g/mol. The van der Waals surface area contributed by atoms with Crippen molar-refractivity contribution in [3.8, 4) is 11.8 Å². The number of ether oxygens (including phenoxy) is 1. The van der Waals surface area contributed by atoms with Crippen molar-refractivity contribution in [1.29, 1.82) is 5.26 Å². The zero-order chi connectivity index (χ0) is 14.7. The van der Waals surface area contributed by atoms with E-state index >= 15 is 0 Å². The van der Waals surface area contributed by atoms with Gasteiger partial charge in [-0.25, -0.2) is 0 Å². The molecule has 0 unspecified atom stereocenters. The molecule has 1 aromatic carbocycles. The maximum Gasteiger partial charge on any atom is 0.312 e. The fourth-order valence-electron chi connectivity index (χ4n) is 2.43. The zero-order valence-corrected chi connectivity index (χ0v) is 12.0. The van der Waals surface area contributed by atoms with Gasteiger partial charge in [-0.3, -0.25) is 10.1 Å². The fourth-order valence-corrected chi connectivity index (χ4v) is 2.43. The highest BCUT2D eigenvalue weighted by Gasteiger charge is 2.28. The Labute approximate surface area is 127 Å². The molecule has 0 bridgehead atoms. The van der Waals surface area contributed by atoms with Gasteiger partial charge in [0, 0.05) is 30.9 Å². The van der Waals surface area contributed by atoms with E-state index in [1.165, 1.54) is 6.07 Å². The topological polar surface area (TPSA) is 122 Å². The molecule has 1 heterocycles. The van der Waals surface area contributed by atoms with Crippen molar-refractivity contribution in [2.24, 2.45) is 11.7 Å². The van der Waals surface area contributed by atoms with Gasteiger partial charge in [0.25, 0.3) is 0 Å². The number of benzene rings is 1. The second-order valence-corrected chi connectivity index (χ2v) is 4.78. The van der Waals surface area contributed by atoms with E-state index in [9.17, 15) is 15.2 Å². The van der Waals surface area contributed by atoms with Gasteiger partial charge in [-0.15, -0.1) is 12.4 Å². The Kier molecular flexibility index (Phi) is 5.90. The lowest BCUT2D eigenvalue weighted by Gasteiger charge is -2.28. The highest BCUT2D eigenvalue weighted by Crippen LogP contribution is 2.38. The third kappa shape index (κ3) is 3.61. The van der Waals surface area contributed by atoms with E-state index in [1.54, 1.807) is 0 Å². The standard InChI is InChI=1S/C13H15N3O4.ClH/c14-7-8-5-10(13(17)11(6-8)16(18)19)12(15)9-1-3-20-4-2-9;/h5-6,9,12,17H,1-4,15H2;1H/t12-;/m1./s1. The number of nitrogens with two attached hydrogens (primary N) is 1. The number of rotatable bonds is 3. The molecule has 21 heavy (non-hydrogen) atoms. The molecule has 8 heteroatoms. The van der Waals surface area contributed by atoms with E-state index in [-0.39, 0.29) is 29.5 Å². The lowest BCUT2D eigenvalue weighted by Crippen LogP contribution is -2.27. The summed E-state index contributed by atoms with van der Waals surface area (Å²) in [7, 11) is 0. The van der Waals surface area contributed by atoms with E-state index in [0.29, 0.717) is 13.2 Å². The minimum atomic E-state index is -0.712. The first-order valence-corrected chi connectivity index (χ1v) is 6.29. The monoisotopic (exact) mass is 313 g/mol. The van der Waals surface area contributed by atoms with E-state index in [1.807, 2.05) is 6.07 Å². The third-order valence-electron chi connectivity index (χ3n) is 3.58. The van der Waals surface area contributed by atoms with E-state index < -0.39 is 22.4 Å². The van der Waals surface area contributed by atoms with Crippen LogP contribution in [0.2, 0.25) is 0 Å². The van der Waals surface area contributed by atoms with Crippen molar-refractivity contribution in [3.05, 3.63) is 33.4 Å². The fraction of sp³-hybridized carbons (Fsp3) is 0.462. The highest BCUT2D eigenvalue weighted by molar-refractivity contribution is 5.85. The van der Waals surface area contributed by atoms with Crippen LogP contribution in [0.15, 0.2) is 12.1 Å². The number of nitro groups is 1. The number of nitro benzene ring substituents is 1. The molecule has 0 aromatic heterocycles. The summed E-state index contributed by atoms with van der Waals surface area (Å²) >= 11 is 0. The van der Waals surface area contributed by atoms with Crippen LogP contribution in [0.3, 0.4) is 0 Å². The van der Waals surface area contributed by atoms with Crippen molar-refractivity contribution in [2.75, 3.05) is 13.2 Å². The summed E-state index contributed by atoms with van der Waals surface area (Å²) in [5.74, 6) is -0.379. The number of hydrogen-bond donors (Lipinski definition) is 2. The predicted molar refractivity (Wildman–Crippen MR) is 77.2 cm³/mol. The molecule has 1 fully saturated rings. The summed E-state index contributed by atoms with van der Waals surface area (Å²) in [6, 6.07) is 3.77. The first kappa shape index (κ1) is 17.2. The molecule has 0 saturated carbocycles. The van der Waals surface area contributed by atoms with Crippen LogP contribution < -0.4 is 5.73 Å². The number of hydrogen-bond acceptors (Lipinski definition) is 6. The summed E-state index contributed by atoms with van der Waals surface area (Å²) < 4.78 is 5.24. The first-order chi connectivity index (χ1) is 9.54. The Morgan fingerprint density at radius 1 is 1.48 bits per heavy atom. The molecule has 0 spiro atoms. The maximum atomic E-state index is 10.9. The molecule has 1 saturated heterocycles. The van der Waals surface area contributed by atoms with Crippen LogP contribution in [0.1, 0.15) is 30.0 Å². The third-order valence-corrected chi connectivity index (χ3v) is 3.58. The molecule has 0 amide bonds. The van der Waals surface area contributed by atoms with Gasteiger partial charge in [0.1, 0.15) is 0 Å². The Hall–Kier alpha value is -1.88. The molecule has 1 aliphatic rings. The summed E-state index contributed by atoms with van der Waals surface area (Å²) in [5.41, 5.74) is 6.00. The number of halogens is 1. The Bertz CT molecular complexity index is 567. The highest BCUT2D eigenvalue weighted by atomic mass is 35.5. The van der Waals surface area contributed by atoms with Crippen molar-refractivity contribution >= 4 is 18.1 Å². The van der Waals surface area contributed by atoms with Gasteiger partial charge in [0.15, 0.2) is 5.75 Å². The average Bonchev–Trinajstić information content (AvgIpc) is 2.47. The smallest absolute Gasteiger partial charge is 0.312 e. The van der Waals surface area contributed by atoms with Gasteiger partial charge in [-0.1, -0.05) is 0 Å². The largest absolute Gasteiger partial charge is 0.502 e. The number of phenols is 1. The first-order valence-electron chi connectivity index (χ1n) is 6.29. The molecule has 3 N–H and O–H groups in total. The van der Waals surface area contributed by atoms with Crippen molar-refractivity contribution < 1.29 is 14.8 Å². The lowest BCUT2D eigenvalue weighted by atomic mass is 9.86. The number of phenolic OH excluding ortho intramolecular Hbond substituents is 1. The molecule has 0 radical (unpaired) electrons. The van der Waals surface area contributed by atoms with E-state index in [0.717, 1.165) is 18.9 Å². The number of aromatic hydroxyl groups is 1. The summed E-state index contributed by atoms with van der Waals surface area (Å²) in [6.07, 6.45) is 1.45. The molecular formula is C13H16ClN3O4. The molecule has 2 rings (SSSR count). The molecule has 1 atom stereocenters. The number of nitrogens with zero attached hydrogens (tertiary/aromatic N) is 2. The normalized spacial score (nSPS) is 16.6. The van der Waals surface area contributed by atoms with Crippen molar-refractivity contribution in [2.45, 2.75) is 18.9 Å². The van der Waals surface area contributed by atoms with E-state index in [4.69, 9.17) is 15.7 Å². The van der Waals surface area contributed by atoms with Gasteiger partial charge in [-0.05, 0) is 24.8 Å². The lowest BCUT2D eigenvalue weighted by molar-refractivity contribution is -0.386. The quantitative estimate of drug-likeness (QED) is 0.650. The van der Waals surface area contributed by atoms with Crippen LogP contribution in [0, 0.1) is 27.4 Å². The van der Waals surface area contributed by atoms with Crippen LogP contribution in [0.4, 0.5) is 5.69 Å². The Morgan fingerprint density at radius 3 is 2.62 bits per heavy atom. The summed E-state index contributed by atoms with van der Waals surface area (Å²) in [6.45, 7) is 1.17. The van der Waals surface area contributed by atoms with Gasteiger partial charge >= 0.3 is 5.69 Å². The number of nitriles is 1. The van der Waals surface area contributed by atoms with Gasteiger partial charge in [0.05, 0.1) is 16.6 Å². The van der Waals surface area contributed by atoms with Crippen LogP contribution in [-0.4, -0.2) is 23.2 Å². The van der Waals surface area contributed by atoms with Crippen LogP contribution in [-0.2, 0) is 4.74 Å². The molecule has 0 aliphatic carbocycles. The van der Waals surface area contributed by atoms with Crippen LogP contribution in [0.25, 0.3) is 0 Å².